The molecular formula is C22H23BN2O5. The zero-order valence-electron chi connectivity index (χ0n) is 16.9. The third-order valence-electron chi connectivity index (χ3n) is 5.47. The van der Waals surface area contributed by atoms with E-state index in [-0.39, 0.29) is 17.2 Å². The fraction of sp³-hybridized carbons (Fsp3) is 0.318. The molecule has 7 nitrogen and oxygen atoms in total. The van der Waals surface area contributed by atoms with Crippen LogP contribution in [0.15, 0.2) is 54.3 Å². The molecule has 0 radical (unpaired) electrons. The number of carbonyl (C=O) groups excluding carboxylic acids is 1. The molecule has 2 aromatic carbocycles. The van der Waals surface area contributed by atoms with Crippen LogP contribution >= 0.6 is 0 Å². The lowest BCUT2D eigenvalue weighted by molar-refractivity contribution is -0.384. The first kappa shape index (κ1) is 20.2. The van der Waals surface area contributed by atoms with Gasteiger partial charge in [-0.2, -0.15) is 0 Å². The minimum Gasteiger partial charge on any atom is -0.519 e. The Balaban J connectivity index is 1.59. The number of nitro groups is 1. The number of benzene rings is 2. The van der Waals surface area contributed by atoms with Gasteiger partial charge in [-0.05, 0) is 43.6 Å². The highest BCUT2D eigenvalue weighted by atomic mass is 16.6. The molecule has 0 spiro atoms. The molecule has 0 bridgehead atoms. The topological polar surface area (TPSA) is 81.9 Å². The van der Waals surface area contributed by atoms with Gasteiger partial charge in [0, 0.05) is 36.6 Å². The quantitative estimate of drug-likeness (QED) is 0.416. The van der Waals surface area contributed by atoms with Crippen molar-refractivity contribution in [3.63, 3.8) is 0 Å². The molecule has 0 aromatic heterocycles. The summed E-state index contributed by atoms with van der Waals surface area (Å²) in [6.07, 6.45) is 3.69. The minimum absolute atomic E-state index is 0.0222. The second-order valence-electron chi connectivity index (χ2n) is 7.62. The number of hydrogen-bond acceptors (Lipinski definition) is 6. The van der Waals surface area contributed by atoms with Gasteiger partial charge in [0.2, 0.25) is 0 Å². The molecule has 8 heteroatoms. The number of likely N-dealkylation sites (tertiary alicyclic amines) is 1. The monoisotopic (exact) mass is 406 g/mol. The molecule has 1 fully saturated rings. The molecule has 2 aliphatic rings. The number of nitro benzene ring substituents is 1. The minimum atomic E-state index is -0.727. The molecule has 0 N–H and O–H groups in total. The molecule has 0 atom stereocenters. The molecule has 2 aliphatic heterocycles. The van der Waals surface area contributed by atoms with Crippen LogP contribution in [-0.4, -0.2) is 35.8 Å². The zero-order chi connectivity index (χ0) is 21.1. The van der Waals surface area contributed by atoms with Crippen LogP contribution in [0.2, 0.25) is 0 Å². The van der Waals surface area contributed by atoms with E-state index >= 15 is 0 Å². The van der Waals surface area contributed by atoms with Crippen molar-refractivity contribution in [2.24, 2.45) is 0 Å². The molecule has 2 heterocycles. The second kappa shape index (κ2) is 8.71. The van der Waals surface area contributed by atoms with Gasteiger partial charge in [-0.3, -0.25) is 19.8 Å². The number of ketones is 1. The van der Waals surface area contributed by atoms with Crippen LogP contribution in [-0.2, 0) is 20.6 Å². The molecular weight excluding hydrogens is 383 g/mol. The highest BCUT2D eigenvalue weighted by Crippen LogP contribution is 2.31. The van der Waals surface area contributed by atoms with Gasteiger partial charge in [-0.15, -0.1) is 0 Å². The summed E-state index contributed by atoms with van der Waals surface area (Å²) >= 11 is 0. The number of nitrogens with zero attached hydrogens (tertiary/aromatic N) is 2. The molecule has 4 rings (SSSR count). The standard InChI is InChI=1S/C22H23BN2O5/c1-16(26)21-22(17-9-11-19(12-10-17)25(27)28)30-23(29-21)20-8-4-3-7-18(20)15-24-13-5-2-6-14-24/h3-4,7-12H,2,5-6,13-15H2,1H3. The van der Waals surface area contributed by atoms with E-state index in [1.54, 1.807) is 12.1 Å². The third-order valence-corrected chi connectivity index (χ3v) is 5.47. The Hall–Kier alpha value is -3.13. The van der Waals surface area contributed by atoms with Gasteiger partial charge in [0.15, 0.2) is 17.3 Å². The summed E-state index contributed by atoms with van der Waals surface area (Å²) in [4.78, 5) is 25.1. The highest BCUT2D eigenvalue weighted by Gasteiger charge is 2.39. The Kier molecular flexibility index (Phi) is 5.85. The molecule has 1 saturated heterocycles. The Morgan fingerprint density at radius 3 is 2.43 bits per heavy atom. The van der Waals surface area contributed by atoms with Crippen LogP contribution in [0.25, 0.3) is 5.76 Å². The summed E-state index contributed by atoms with van der Waals surface area (Å²) in [5.41, 5.74) is 2.55. The Morgan fingerprint density at radius 1 is 1.07 bits per heavy atom. The Bertz CT molecular complexity index is 983. The first-order chi connectivity index (χ1) is 14.5. The molecule has 0 unspecified atom stereocenters. The van der Waals surface area contributed by atoms with Gasteiger partial charge in [0.25, 0.3) is 5.69 Å². The van der Waals surface area contributed by atoms with E-state index in [2.05, 4.69) is 11.0 Å². The van der Waals surface area contributed by atoms with Gasteiger partial charge in [0.05, 0.1) is 4.92 Å². The predicted octanol–water partition coefficient (Wildman–Crippen LogP) is 3.28. The number of hydrogen-bond donors (Lipinski definition) is 0. The lowest BCUT2D eigenvalue weighted by atomic mass is 9.76. The van der Waals surface area contributed by atoms with Crippen LogP contribution in [0.3, 0.4) is 0 Å². The number of carbonyl (C=O) groups is 1. The molecule has 154 valence electrons. The highest BCUT2D eigenvalue weighted by molar-refractivity contribution is 6.64. The number of allylic oxidation sites excluding steroid dienone is 1. The first-order valence-electron chi connectivity index (χ1n) is 10.2. The summed E-state index contributed by atoms with van der Waals surface area (Å²) in [5, 5.41) is 10.9. The summed E-state index contributed by atoms with van der Waals surface area (Å²) < 4.78 is 12.0. The van der Waals surface area contributed by atoms with E-state index in [0.29, 0.717) is 11.3 Å². The summed E-state index contributed by atoms with van der Waals surface area (Å²) in [6, 6.07) is 13.9. The lowest BCUT2D eigenvalue weighted by Crippen LogP contribution is -2.38. The van der Waals surface area contributed by atoms with Gasteiger partial charge < -0.3 is 9.31 Å². The van der Waals surface area contributed by atoms with Crippen LogP contribution in [0.1, 0.15) is 37.3 Å². The molecule has 0 amide bonds. The maximum Gasteiger partial charge on any atom is 0.633 e. The van der Waals surface area contributed by atoms with E-state index in [1.165, 1.54) is 38.3 Å². The average molecular weight is 406 g/mol. The fourth-order valence-electron chi connectivity index (χ4n) is 3.92. The Morgan fingerprint density at radius 2 is 1.77 bits per heavy atom. The van der Waals surface area contributed by atoms with Crippen LogP contribution in [0.4, 0.5) is 5.69 Å². The normalized spacial score (nSPS) is 16.9. The van der Waals surface area contributed by atoms with Crippen molar-refractivity contribution in [1.29, 1.82) is 0 Å². The summed E-state index contributed by atoms with van der Waals surface area (Å²) in [5.74, 6) is 0.205. The van der Waals surface area contributed by atoms with E-state index < -0.39 is 12.0 Å². The van der Waals surface area contributed by atoms with Crippen molar-refractivity contribution in [1.82, 2.24) is 4.90 Å². The van der Waals surface area contributed by atoms with Crippen molar-refractivity contribution in [3.05, 3.63) is 75.5 Å². The maximum atomic E-state index is 12.2. The number of piperidine rings is 1. The number of non-ortho nitro benzene ring substituents is 1. The van der Waals surface area contributed by atoms with Gasteiger partial charge in [-0.1, -0.05) is 30.7 Å². The second-order valence-corrected chi connectivity index (χ2v) is 7.62. The predicted molar refractivity (Wildman–Crippen MR) is 114 cm³/mol. The largest absolute Gasteiger partial charge is 0.633 e. The molecule has 30 heavy (non-hydrogen) atoms. The molecule has 2 aromatic rings. The van der Waals surface area contributed by atoms with E-state index in [1.807, 2.05) is 18.2 Å². The first-order valence-corrected chi connectivity index (χ1v) is 10.2. The van der Waals surface area contributed by atoms with Crippen molar-refractivity contribution in [2.75, 3.05) is 13.1 Å². The van der Waals surface area contributed by atoms with Gasteiger partial charge in [-0.25, -0.2) is 0 Å². The van der Waals surface area contributed by atoms with E-state index in [9.17, 15) is 14.9 Å². The van der Waals surface area contributed by atoms with Crippen molar-refractivity contribution < 1.29 is 19.0 Å². The van der Waals surface area contributed by atoms with Gasteiger partial charge >= 0.3 is 7.12 Å². The lowest BCUT2D eigenvalue weighted by Gasteiger charge is -2.27. The number of rotatable bonds is 6. The zero-order valence-corrected chi connectivity index (χ0v) is 16.9. The van der Waals surface area contributed by atoms with Crippen molar-refractivity contribution in [2.45, 2.75) is 32.7 Å². The summed E-state index contributed by atoms with van der Waals surface area (Å²) in [7, 11) is -0.727. The van der Waals surface area contributed by atoms with Crippen LogP contribution in [0.5, 0.6) is 0 Å². The average Bonchev–Trinajstić information content (AvgIpc) is 3.21. The number of Topliss-reactive ketones (excluding diaryl/α,β-unsaturated/α-hetero) is 1. The van der Waals surface area contributed by atoms with Crippen LogP contribution < -0.4 is 5.46 Å². The van der Waals surface area contributed by atoms with E-state index in [4.69, 9.17) is 9.31 Å². The smallest absolute Gasteiger partial charge is 0.519 e. The van der Waals surface area contributed by atoms with Crippen molar-refractivity contribution >= 4 is 29.8 Å². The van der Waals surface area contributed by atoms with E-state index in [0.717, 1.165) is 30.7 Å². The molecule has 0 aliphatic carbocycles. The maximum absolute atomic E-state index is 12.2. The molecule has 0 saturated carbocycles. The van der Waals surface area contributed by atoms with Crippen molar-refractivity contribution in [3.8, 4) is 0 Å². The third kappa shape index (κ3) is 4.23. The summed E-state index contributed by atoms with van der Waals surface area (Å²) in [6.45, 7) is 4.38. The fourth-order valence-corrected chi connectivity index (χ4v) is 3.92. The van der Waals surface area contributed by atoms with Crippen LogP contribution in [0, 0.1) is 10.1 Å². The Labute approximate surface area is 175 Å². The SMILES string of the molecule is CC(=O)C1=C(c2ccc([N+](=O)[O-])cc2)OB(c2ccccc2CN2CCCCC2)O1. The van der Waals surface area contributed by atoms with Gasteiger partial charge in [0.1, 0.15) is 0 Å².